The molecule has 0 spiro atoms. The van der Waals surface area contributed by atoms with Crippen molar-refractivity contribution in [3.8, 4) is 0 Å². The summed E-state index contributed by atoms with van der Waals surface area (Å²) in [5.74, 6) is 1.63. The molecule has 126 valence electrons. The molecule has 0 unspecified atom stereocenters. The fraction of sp³-hybridized carbons (Fsp3) is 0.588. The van der Waals surface area contributed by atoms with Crippen molar-refractivity contribution in [3.05, 3.63) is 30.3 Å². The van der Waals surface area contributed by atoms with Gasteiger partial charge < -0.3 is 16.0 Å². The number of aliphatic imine (C=N–C) groups is 1. The molecule has 0 bridgehead atoms. The van der Waals surface area contributed by atoms with Gasteiger partial charge in [0.2, 0.25) is 0 Å². The van der Waals surface area contributed by atoms with E-state index in [1.54, 1.807) is 0 Å². The van der Waals surface area contributed by atoms with E-state index in [9.17, 15) is 0 Å². The van der Waals surface area contributed by atoms with Crippen LogP contribution in [0.1, 0.15) is 33.1 Å². The van der Waals surface area contributed by atoms with Gasteiger partial charge >= 0.3 is 0 Å². The number of rotatable bonds is 9. The number of para-hydroxylation sites is 1. The Hall–Kier alpha value is -0.980. The van der Waals surface area contributed by atoms with E-state index in [0.29, 0.717) is 0 Å². The summed E-state index contributed by atoms with van der Waals surface area (Å²) >= 11 is 0. The fourth-order valence-corrected chi connectivity index (χ4v) is 2.12. The van der Waals surface area contributed by atoms with Crippen LogP contribution in [-0.4, -0.2) is 32.6 Å². The van der Waals surface area contributed by atoms with Gasteiger partial charge in [0.05, 0.1) is 0 Å². The van der Waals surface area contributed by atoms with Crippen molar-refractivity contribution in [2.24, 2.45) is 10.9 Å². The summed E-state index contributed by atoms with van der Waals surface area (Å²) in [6, 6.07) is 10.3. The highest BCUT2D eigenvalue weighted by Crippen LogP contribution is 2.05. The van der Waals surface area contributed by atoms with Crippen molar-refractivity contribution < 1.29 is 0 Å². The summed E-state index contributed by atoms with van der Waals surface area (Å²) < 4.78 is 0. The lowest BCUT2D eigenvalue weighted by molar-refractivity contribution is 0.481. The zero-order valence-electron chi connectivity index (χ0n) is 14.1. The molecule has 5 heteroatoms. The Bertz CT molecular complexity index is 391. The molecule has 4 nitrogen and oxygen atoms in total. The Balaban J connectivity index is 0.00000441. The predicted molar refractivity (Wildman–Crippen MR) is 108 cm³/mol. The Labute approximate surface area is 152 Å². The van der Waals surface area contributed by atoms with Gasteiger partial charge in [-0.15, -0.1) is 24.0 Å². The molecule has 0 aromatic heterocycles. The maximum atomic E-state index is 4.26. The van der Waals surface area contributed by atoms with Crippen LogP contribution in [0.15, 0.2) is 35.3 Å². The Kier molecular flexibility index (Phi) is 13.1. The molecule has 0 radical (unpaired) electrons. The molecule has 3 N–H and O–H groups in total. The van der Waals surface area contributed by atoms with Gasteiger partial charge in [-0.2, -0.15) is 0 Å². The van der Waals surface area contributed by atoms with Crippen LogP contribution in [0.2, 0.25) is 0 Å². The molecule has 0 fully saturated rings. The first kappa shape index (κ1) is 21.0. The average molecular weight is 418 g/mol. The molecule has 0 saturated carbocycles. The van der Waals surface area contributed by atoms with Gasteiger partial charge in [0, 0.05) is 32.4 Å². The highest BCUT2D eigenvalue weighted by atomic mass is 127. The Morgan fingerprint density at radius 3 is 2.32 bits per heavy atom. The van der Waals surface area contributed by atoms with Crippen LogP contribution in [0.5, 0.6) is 0 Å². The molecular formula is C17H31IN4. The highest BCUT2D eigenvalue weighted by Gasteiger charge is 2.04. The molecule has 1 aromatic carbocycles. The molecular weight excluding hydrogens is 387 g/mol. The number of benzene rings is 1. The van der Waals surface area contributed by atoms with Gasteiger partial charge in [0.15, 0.2) is 5.96 Å². The largest absolute Gasteiger partial charge is 0.385 e. The fourth-order valence-electron chi connectivity index (χ4n) is 2.12. The van der Waals surface area contributed by atoms with E-state index in [2.05, 4.69) is 46.9 Å². The number of nitrogens with one attached hydrogen (secondary N) is 3. The Morgan fingerprint density at radius 1 is 1.05 bits per heavy atom. The number of halogens is 1. The molecule has 0 atom stereocenters. The minimum atomic E-state index is 0. The second kappa shape index (κ2) is 13.7. The number of nitrogens with zero attached hydrogens (tertiary/aromatic N) is 1. The van der Waals surface area contributed by atoms with E-state index in [1.807, 2.05) is 25.2 Å². The minimum Gasteiger partial charge on any atom is -0.385 e. The summed E-state index contributed by atoms with van der Waals surface area (Å²) in [5, 5.41) is 10.2. The van der Waals surface area contributed by atoms with Crippen molar-refractivity contribution in [2.45, 2.75) is 33.1 Å². The Morgan fingerprint density at radius 2 is 1.73 bits per heavy atom. The zero-order chi connectivity index (χ0) is 15.3. The van der Waals surface area contributed by atoms with Gasteiger partial charge in [-0.1, -0.05) is 44.9 Å². The minimum absolute atomic E-state index is 0. The molecule has 0 saturated heterocycles. The van der Waals surface area contributed by atoms with Gasteiger partial charge in [0.1, 0.15) is 0 Å². The lowest BCUT2D eigenvalue weighted by Gasteiger charge is -2.16. The predicted octanol–water partition coefficient (Wildman–Crippen LogP) is 3.71. The topological polar surface area (TPSA) is 48.5 Å². The SMILES string of the molecule is CCC(CC)CNC(=NC)NCCCNc1ccccc1.I. The molecule has 0 aliphatic heterocycles. The van der Waals surface area contributed by atoms with E-state index in [1.165, 1.54) is 18.5 Å². The van der Waals surface area contributed by atoms with Gasteiger partial charge in [-0.3, -0.25) is 4.99 Å². The lowest BCUT2D eigenvalue weighted by atomic mass is 10.0. The molecule has 0 aliphatic carbocycles. The average Bonchev–Trinajstić information content (AvgIpc) is 2.54. The first-order valence-electron chi connectivity index (χ1n) is 8.03. The first-order valence-corrected chi connectivity index (χ1v) is 8.03. The lowest BCUT2D eigenvalue weighted by Crippen LogP contribution is -2.40. The number of anilines is 1. The van der Waals surface area contributed by atoms with Crippen LogP contribution in [0, 0.1) is 5.92 Å². The molecule has 0 heterocycles. The quantitative estimate of drug-likeness (QED) is 0.248. The highest BCUT2D eigenvalue weighted by molar-refractivity contribution is 14.0. The van der Waals surface area contributed by atoms with E-state index >= 15 is 0 Å². The number of hydrogen-bond donors (Lipinski definition) is 3. The third-order valence-electron chi connectivity index (χ3n) is 3.69. The molecule has 1 rings (SSSR count). The molecule has 0 aliphatic rings. The summed E-state index contributed by atoms with van der Waals surface area (Å²) in [6.45, 7) is 7.35. The first-order chi connectivity index (χ1) is 10.3. The van der Waals surface area contributed by atoms with Crippen molar-refractivity contribution in [1.82, 2.24) is 10.6 Å². The van der Waals surface area contributed by atoms with E-state index in [-0.39, 0.29) is 24.0 Å². The number of hydrogen-bond acceptors (Lipinski definition) is 2. The van der Waals surface area contributed by atoms with E-state index < -0.39 is 0 Å². The van der Waals surface area contributed by atoms with Crippen molar-refractivity contribution in [2.75, 3.05) is 32.0 Å². The van der Waals surface area contributed by atoms with Crippen LogP contribution in [0.25, 0.3) is 0 Å². The van der Waals surface area contributed by atoms with Crippen LogP contribution < -0.4 is 16.0 Å². The van der Waals surface area contributed by atoms with Crippen LogP contribution in [-0.2, 0) is 0 Å². The van der Waals surface area contributed by atoms with Gasteiger partial charge in [-0.05, 0) is 24.5 Å². The summed E-state index contributed by atoms with van der Waals surface area (Å²) in [5.41, 5.74) is 1.17. The smallest absolute Gasteiger partial charge is 0.190 e. The van der Waals surface area contributed by atoms with Crippen molar-refractivity contribution in [1.29, 1.82) is 0 Å². The molecule has 1 aromatic rings. The third-order valence-corrected chi connectivity index (χ3v) is 3.69. The van der Waals surface area contributed by atoms with Crippen LogP contribution in [0.3, 0.4) is 0 Å². The van der Waals surface area contributed by atoms with E-state index in [0.717, 1.165) is 37.9 Å². The number of guanidine groups is 1. The second-order valence-electron chi connectivity index (χ2n) is 5.21. The maximum absolute atomic E-state index is 4.26. The monoisotopic (exact) mass is 418 g/mol. The second-order valence-corrected chi connectivity index (χ2v) is 5.21. The summed E-state index contributed by atoms with van der Waals surface area (Å²) in [6.07, 6.45) is 3.48. The van der Waals surface area contributed by atoms with Gasteiger partial charge in [0.25, 0.3) is 0 Å². The van der Waals surface area contributed by atoms with Gasteiger partial charge in [-0.25, -0.2) is 0 Å². The zero-order valence-corrected chi connectivity index (χ0v) is 16.4. The van der Waals surface area contributed by atoms with Crippen LogP contribution >= 0.6 is 24.0 Å². The maximum Gasteiger partial charge on any atom is 0.190 e. The van der Waals surface area contributed by atoms with Crippen LogP contribution in [0.4, 0.5) is 5.69 Å². The third kappa shape index (κ3) is 9.12. The molecule has 0 amide bonds. The van der Waals surface area contributed by atoms with E-state index in [4.69, 9.17) is 0 Å². The van der Waals surface area contributed by atoms with Crippen molar-refractivity contribution >= 4 is 35.6 Å². The summed E-state index contributed by atoms with van der Waals surface area (Å²) in [7, 11) is 1.82. The molecule has 22 heavy (non-hydrogen) atoms. The standard InChI is InChI=1S/C17H30N4.HI/c1-4-15(5-2)14-21-17(18-3)20-13-9-12-19-16-10-7-6-8-11-16;/h6-8,10-11,15,19H,4-5,9,12-14H2,1-3H3,(H2,18,20,21);1H. The normalized spacial score (nSPS) is 11.0. The summed E-state index contributed by atoms with van der Waals surface area (Å²) in [4.78, 5) is 4.26. The van der Waals surface area contributed by atoms with Crippen molar-refractivity contribution in [3.63, 3.8) is 0 Å².